The molecule has 0 spiro atoms. The fourth-order valence-corrected chi connectivity index (χ4v) is 3.03. The summed E-state index contributed by atoms with van der Waals surface area (Å²) >= 11 is 3.50. The van der Waals surface area contributed by atoms with Gasteiger partial charge in [-0.15, -0.1) is 0 Å². The zero-order chi connectivity index (χ0) is 12.0. The Morgan fingerprint density at radius 2 is 2.24 bits per heavy atom. The standard InChI is InChI=1S/C13H16BrN3/c1-8-6-15-7-10(8)13-16-11-5-9(14)3-4-12(11)17(13)2/h3-5,8,10,15H,6-7H2,1-2H3. The molecule has 1 saturated heterocycles. The Kier molecular flexibility index (Phi) is 2.71. The maximum atomic E-state index is 4.80. The Morgan fingerprint density at radius 1 is 1.41 bits per heavy atom. The third-order valence-electron chi connectivity index (χ3n) is 3.73. The zero-order valence-corrected chi connectivity index (χ0v) is 11.7. The number of imidazole rings is 1. The summed E-state index contributed by atoms with van der Waals surface area (Å²) in [7, 11) is 2.11. The van der Waals surface area contributed by atoms with Crippen molar-refractivity contribution in [1.82, 2.24) is 14.9 Å². The summed E-state index contributed by atoms with van der Waals surface area (Å²) in [6, 6.07) is 6.29. The van der Waals surface area contributed by atoms with Gasteiger partial charge in [0.15, 0.2) is 0 Å². The van der Waals surface area contributed by atoms with E-state index in [4.69, 9.17) is 4.98 Å². The molecule has 90 valence electrons. The molecule has 0 bridgehead atoms. The molecule has 0 amide bonds. The van der Waals surface area contributed by atoms with Gasteiger partial charge in [0.25, 0.3) is 0 Å². The normalized spacial score (nSPS) is 24.6. The van der Waals surface area contributed by atoms with Crippen molar-refractivity contribution in [2.45, 2.75) is 12.8 Å². The number of nitrogens with one attached hydrogen (secondary N) is 1. The molecule has 17 heavy (non-hydrogen) atoms. The van der Waals surface area contributed by atoms with Crippen molar-refractivity contribution in [3.05, 3.63) is 28.5 Å². The Labute approximate surface area is 109 Å². The maximum absolute atomic E-state index is 4.80. The van der Waals surface area contributed by atoms with Crippen LogP contribution in [0.2, 0.25) is 0 Å². The van der Waals surface area contributed by atoms with Crippen molar-refractivity contribution < 1.29 is 0 Å². The van der Waals surface area contributed by atoms with E-state index in [1.54, 1.807) is 0 Å². The van der Waals surface area contributed by atoms with E-state index in [0.29, 0.717) is 11.8 Å². The largest absolute Gasteiger partial charge is 0.331 e. The molecule has 1 fully saturated rings. The van der Waals surface area contributed by atoms with Gasteiger partial charge in [0.05, 0.1) is 11.0 Å². The van der Waals surface area contributed by atoms with Crippen molar-refractivity contribution in [3.63, 3.8) is 0 Å². The number of hydrogen-bond acceptors (Lipinski definition) is 2. The van der Waals surface area contributed by atoms with Gasteiger partial charge in [-0.2, -0.15) is 0 Å². The number of benzene rings is 1. The minimum absolute atomic E-state index is 0.533. The summed E-state index contributed by atoms with van der Waals surface area (Å²) in [6.07, 6.45) is 0. The van der Waals surface area contributed by atoms with Crippen LogP contribution in [0.4, 0.5) is 0 Å². The molecule has 0 saturated carbocycles. The first-order chi connectivity index (χ1) is 8.16. The molecule has 0 radical (unpaired) electrons. The molecule has 1 aromatic carbocycles. The van der Waals surface area contributed by atoms with Gasteiger partial charge in [0.2, 0.25) is 0 Å². The highest BCUT2D eigenvalue weighted by Gasteiger charge is 2.28. The van der Waals surface area contributed by atoms with Crippen molar-refractivity contribution in [2.24, 2.45) is 13.0 Å². The molecule has 2 heterocycles. The second-order valence-corrected chi connectivity index (χ2v) is 5.82. The van der Waals surface area contributed by atoms with Crippen LogP contribution in [0, 0.1) is 5.92 Å². The highest BCUT2D eigenvalue weighted by atomic mass is 79.9. The molecule has 3 rings (SSSR count). The van der Waals surface area contributed by atoms with Gasteiger partial charge in [-0.1, -0.05) is 22.9 Å². The van der Waals surface area contributed by atoms with Crippen molar-refractivity contribution in [3.8, 4) is 0 Å². The van der Waals surface area contributed by atoms with Gasteiger partial charge >= 0.3 is 0 Å². The van der Waals surface area contributed by atoms with Crippen LogP contribution in [0.5, 0.6) is 0 Å². The number of aromatic nitrogens is 2. The summed E-state index contributed by atoms with van der Waals surface area (Å²) in [5.41, 5.74) is 2.29. The number of fused-ring (bicyclic) bond motifs is 1. The van der Waals surface area contributed by atoms with Crippen LogP contribution >= 0.6 is 15.9 Å². The average molecular weight is 294 g/mol. The number of aryl methyl sites for hydroxylation is 1. The van der Waals surface area contributed by atoms with E-state index in [0.717, 1.165) is 23.1 Å². The molecule has 2 unspecified atom stereocenters. The Bertz CT molecular complexity index is 561. The van der Waals surface area contributed by atoms with Crippen LogP contribution in [0.25, 0.3) is 11.0 Å². The number of halogens is 1. The van der Waals surface area contributed by atoms with Gasteiger partial charge in [-0.25, -0.2) is 4.98 Å². The fraction of sp³-hybridized carbons (Fsp3) is 0.462. The molecule has 1 N–H and O–H groups in total. The lowest BCUT2D eigenvalue weighted by Gasteiger charge is -2.13. The van der Waals surface area contributed by atoms with Gasteiger partial charge in [-0.3, -0.25) is 0 Å². The smallest absolute Gasteiger partial charge is 0.114 e. The van der Waals surface area contributed by atoms with E-state index in [2.05, 4.69) is 58.0 Å². The van der Waals surface area contributed by atoms with Gasteiger partial charge < -0.3 is 9.88 Å². The molecule has 4 heteroatoms. The van der Waals surface area contributed by atoms with E-state index in [-0.39, 0.29) is 0 Å². The minimum Gasteiger partial charge on any atom is -0.331 e. The third-order valence-corrected chi connectivity index (χ3v) is 4.22. The Hall–Kier alpha value is -0.870. The molecule has 1 aliphatic rings. The second kappa shape index (κ2) is 4.10. The second-order valence-electron chi connectivity index (χ2n) is 4.90. The molecule has 2 atom stereocenters. The predicted octanol–water partition coefficient (Wildman–Crippen LogP) is 2.66. The maximum Gasteiger partial charge on any atom is 0.114 e. The highest BCUT2D eigenvalue weighted by molar-refractivity contribution is 9.10. The SMILES string of the molecule is CC1CNCC1c1nc2cc(Br)ccc2n1C. The van der Waals surface area contributed by atoms with Crippen molar-refractivity contribution in [1.29, 1.82) is 0 Å². The predicted molar refractivity (Wildman–Crippen MR) is 73.2 cm³/mol. The van der Waals surface area contributed by atoms with Crippen LogP contribution in [-0.4, -0.2) is 22.6 Å². The van der Waals surface area contributed by atoms with Crippen molar-refractivity contribution in [2.75, 3.05) is 13.1 Å². The quantitative estimate of drug-likeness (QED) is 0.876. The first-order valence-electron chi connectivity index (χ1n) is 5.99. The van der Waals surface area contributed by atoms with Crippen molar-refractivity contribution >= 4 is 27.0 Å². The third kappa shape index (κ3) is 1.79. The molecular weight excluding hydrogens is 278 g/mol. The van der Waals surface area contributed by atoms with E-state index < -0.39 is 0 Å². The lowest BCUT2D eigenvalue weighted by molar-refractivity contribution is 0.533. The summed E-state index contributed by atoms with van der Waals surface area (Å²) in [5.74, 6) is 2.40. The summed E-state index contributed by atoms with van der Waals surface area (Å²) in [4.78, 5) is 4.80. The average Bonchev–Trinajstić information content (AvgIpc) is 2.83. The Morgan fingerprint density at radius 3 is 2.94 bits per heavy atom. The van der Waals surface area contributed by atoms with E-state index in [9.17, 15) is 0 Å². The molecule has 2 aromatic rings. The van der Waals surface area contributed by atoms with Gasteiger partial charge in [0.1, 0.15) is 5.82 Å². The van der Waals surface area contributed by atoms with Gasteiger partial charge in [-0.05, 0) is 30.7 Å². The molecular formula is C13H16BrN3. The first kappa shape index (κ1) is 11.2. The lowest BCUT2D eigenvalue weighted by atomic mass is 9.97. The van der Waals surface area contributed by atoms with Crippen LogP contribution in [0.1, 0.15) is 18.7 Å². The zero-order valence-electron chi connectivity index (χ0n) is 10.1. The summed E-state index contributed by atoms with van der Waals surface area (Å²) < 4.78 is 3.32. The minimum atomic E-state index is 0.533. The van der Waals surface area contributed by atoms with E-state index in [1.165, 1.54) is 11.3 Å². The van der Waals surface area contributed by atoms with E-state index >= 15 is 0 Å². The molecule has 1 aromatic heterocycles. The first-order valence-corrected chi connectivity index (χ1v) is 6.78. The highest BCUT2D eigenvalue weighted by Crippen LogP contribution is 2.30. The monoisotopic (exact) mass is 293 g/mol. The number of nitrogens with zero attached hydrogens (tertiary/aromatic N) is 2. The lowest BCUT2D eigenvalue weighted by Crippen LogP contribution is -2.13. The van der Waals surface area contributed by atoms with E-state index in [1.807, 2.05) is 0 Å². The summed E-state index contributed by atoms with van der Waals surface area (Å²) in [6.45, 7) is 4.43. The van der Waals surface area contributed by atoms with Crippen LogP contribution in [0.3, 0.4) is 0 Å². The van der Waals surface area contributed by atoms with Crippen LogP contribution in [-0.2, 0) is 7.05 Å². The fourth-order valence-electron chi connectivity index (χ4n) is 2.68. The summed E-state index contributed by atoms with van der Waals surface area (Å²) in [5, 5.41) is 3.44. The topological polar surface area (TPSA) is 29.9 Å². The number of hydrogen-bond donors (Lipinski definition) is 1. The van der Waals surface area contributed by atoms with Gasteiger partial charge in [0, 0.05) is 24.0 Å². The molecule has 1 aliphatic heterocycles. The molecule has 0 aliphatic carbocycles. The van der Waals surface area contributed by atoms with Crippen LogP contribution in [0.15, 0.2) is 22.7 Å². The van der Waals surface area contributed by atoms with Crippen LogP contribution < -0.4 is 5.32 Å². The number of rotatable bonds is 1. The Balaban J connectivity index is 2.14. The molecule has 3 nitrogen and oxygen atoms in total.